The molecule has 18 heavy (non-hydrogen) atoms. The van der Waals surface area contributed by atoms with Gasteiger partial charge in [0, 0.05) is 13.6 Å². The van der Waals surface area contributed by atoms with Crippen LogP contribution in [-0.4, -0.2) is 29.5 Å². The lowest BCUT2D eigenvalue weighted by Crippen LogP contribution is -2.30. The van der Waals surface area contributed by atoms with Crippen molar-refractivity contribution in [1.29, 1.82) is 0 Å². The molecule has 2 rings (SSSR count). The molecular weight excluding hydrogens is 228 g/mol. The maximum absolute atomic E-state index is 11.9. The molecule has 0 radical (unpaired) electrons. The zero-order chi connectivity index (χ0) is 13.0. The van der Waals surface area contributed by atoms with Gasteiger partial charge in [-0.15, -0.1) is 0 Å². The quantitative estimate of drug-likeness (QED) is 0.851. The molecule has 0 aromatic carbocycles. The molecule has 0 spiro atoms. The average Bonchev–Trinajstić information content (AvgIpc) is 2.81. The maximum Gasteiger partial charge on any atom is 0.271 e. The van der Waals surface area contributed by atoms with Crippen molar-refractivity contribution in [3.8, 4) is 0 Å². The second-order valence-electron chi connectivity index (χ2n) is 4.92. The Bertz CT molecular complexity index is 404. The van der Waals surface area contributed by atoms with Crippen molar-refractivity contribution >= 4 is 11.7 Å². The van der Waals surface area contributed by atoms with Crippen LogP contribution in [0.1, 0.15) is 36.7 Å². The Kier molecular flexibility index (Phi) is 4.12. The van der Waals surface area contributed by atoms with Gasteiger partial charge in [-0.2, -0.15) is 0 Å². The first kappa shape index (κ1) is 12.8. The predicted molar refractivity (Wildman–Crippen MR) is 70.4 cm³/mol. The van der Waals surface area contributed by atoms with Crippen LogP contribution in [0.4, 0.5) is 5.82 Å². The summed E-state index contributed by atoms with van der Waals surface area (Å²) in [5, 5.41) is 5.82. The Balaban J connectivity index is 1.87. The zero-order valence-electron chi connectivity index (χ0n) is 10.9. The van der Waals surface area contributed by atoms with E-state index in [2.05, 4.69) is 27.5 Å². The number of amides is 1. The van der Waals surface area contributed by atoms with Crippen molar-refractivity contribution in [3.05, 3.63) is 18.1 Å². The highest BCUT2D eigenvalue weighted by atomic mass is 16.1. The molecular formula is C13H20N4O. The van der Waals surface area contributed by atoms with Gasteiger partial charge in [0.05, 0.1) is 12.4 Å². The van der Waals surface area contributed by atoms with E-state index >= 15 is 0 Å². The second kappa shape index (κ2) is 5.80. The van der Waals surface area contributed by atoms with Crippen molar-refractivity contribution in [3.63, 3.8) is 0 Å². The third-order valence-corrected chi connectivity index (χ3v) is 3.70. The Labute approximate surface area is 107 Å². The van der Waals surface area contributed by atoms with Crippen molar-refractivity contribution in [2.75, 3.05) is 18.9 Å². The number of hydrogen-bond donors (Lipinski definition) is 2. The minimum atomic E-state index is -0.135. The lowest BCUT2D eigenvalue weighted by molar-refractivity contribution is 0.0939. The fraction of sp³-hybridized carbons (Fsp3) is 0.615. The van der Waals surface area contributed by atoms with Gasteiger partial charge >= 0.3 is 0 Å². The monoisotopic (exact) mass is 248 g/mol. The summed E-state index contributed by atoms with van der Waals surface area (Å²) < 4.78 is 0. The van der Waals surface area contributed by atoms with Crippen molar-refractivity contribution in [1.82, 2.24) is 15.3 Å². The Morgan fingerprint density at radius 1 is 1.39 bits per heavy atom. The van der Waals surface area contributed by atoms with Gasteiger partial charge in [0.25, 0.3) is 5.91 Å². The summed E-state index contributed by atoms with van der Waals surface area (Å²) in [7, 11) is 1.77. The molecule has 5 heteroatoms. The summed E-state index contributed by atoms with van der Waals surface area (Å²) in [6.45, 7) is 3.00. The number of hydrogen-bond acceptors (Lipinski definition) is 4. The van der Waals surface area contributed by atoms with Crippen LogP contribution in [-0.2, 0) is 0 Å². The molecule has 1 aromatic heterocycles. The molecule has 98 valence electrons. The predicted octanol–water partition coefficient (Wildman–Crippen LogP) is 1.68. The summed E-state index contributed by atoms with van der Waals surface area (Å²) in [5.74, 6) is 1.85. The average molecular weight is 248 g/mol. The summed E-state index contributed by atoms with van der Waals surface area (Å²) >= 11 is 0. The first-order valence-electron chi connectivity index (χ1n) is 6.48. The summed E-state index contributed by atoms with van der Waals surface area (Å²) in [5.41, 5.74) is 0.375. The van der Waals surface area contributed by atoms with Gasteiger partial charge < -0.3 is 10.6 Å². The number of carbonyl (C=O) groups excluding carboxylic acids is 1. The van der Waals surface area contributed by atoms with Gasteiger partial charge in [-0.3, -0.25) is 4.79 Å². The van der Waals surface area contributed by atoms with E-state index in [1.165, 1.54) is 25.5 Å². The lowest BCUT2D eigenvalue weighted by Gasteiger charge is -2.15. The molecule has 2 N–H and O–H groups in total. The van der Waals surface area contributed by atoms with E-state index in [4.69, 9.17) is 0 Å². The molecule has 1 heterocycles. The molecule has 1 aromatic rings. The van der Waals surface area contributed by atoms with Crippen LogP contribution in [0.3, 0.4) is 0 Å². The van der Waals surface area contributed by atoms with E-state index in [-0.39, 0.29) is 5.91 Å². The van der Waals surface area contributed by atoms with E-state index in [9.17, 15) is 4.79 Å². The second-order valence-corrected chi connectivity index (χ2v) is 4.92. The first-order valence-corrected chi connectivity index (χ1v) is 6.48. The molecule has 1 aliphatic rings. The van der Waals surface area contributed by atoms with Crippen molar-refractivity contribution < 1.29 is 4.79 Å². The molecule has 2 atom stereocenters. The highest BCUT2D eigenvalue weighted by Gasteiger charge is 2.23. The Morgan fingerprint density at radius 2 is 2.22 bits per heavy atom. The van der Waals surface area contributed by atoms with Crippen LogP contribution in [0.25, 0.3) is 0 Å². The van der Waals surface area contributed by atoms with E-state index < -0.39 is 0 Å². The maximum atomic E-state index is 11.9. The smallest absolute Gasteiger partial charge is 0.271 e. The van der Waals surface area contributed by atoms with E-state index in [1.807, 2.05) is 0 Å². The molecule has 1 aliphatic carbocycles. The molecule has 0 aliphatic heterocycles. The number of anilines is 1. The number of nitrogens with zero attached hydrogens (tertiary/aromatic N) is 2. The topological polar surface area (TPSA) is 66.9 Å². The summed E-state index contributed by atoms with van der Waals surface area (Å²) in [6, 6.07) is 0. The third-order valence-electron chi connectivity index (χ3n) is 3.70. The SMILES string of the molecule is CNc1cnc(C(=O)NCC2CCCC2C)cn1. The normalized spacial score (nSPS) is 22.8. The Hall–Kier alpha value is -1.65. The molecule has 5 nitrogen and oxygen atoms in total. The standard InChI is InChI=1S/C13H20N4O/c1-9-4-3-5-10(9)6-17-13(18)11-7-16-12(14-2)8-15-11/h7-10H,3-6H2,1-2H3,(H,14,16)(H,17,18). The summed E-state index contributed by atoms with van der Waals surface area (Å²) in [4.78, 5) is 20.0. The van der Waals surface area contributed by atoms with Gasteiger partial charge in [-0.1, -0.05) is 19.8 Å². The number of rotatable bonds is 4. The molecule has 1 amide bonds. The number of aromatic nitrogens is 2. The lowest BCUT2D eigenvalue weighted by atomic mass is 9.98. The molecule has 0 saturated heterocycles. The minimum Gasteiger partial charge on any atom is -0.372 e. The van der Waals surface area contributed by atoms with Crippen LogP contribution in [0.15, 0.2) is 12.4 Å². The van der Waals surface area contributed by atoms with Crippen LogP contribution < -0.4 is 10.6 Å². The molecule has 0 bridgehead atoms. The van der Waals surface area contributed by atoms with Gasteiger partial charge in [0.2, 0.25) is 0 Å². The largest absolute Gasteiger partial charge is 0.372 e. The first-order chi connectivity index (χ1) is 8.70. The van der Waals surface area contributed by atoms with E-state index in [0.717, 1.165) is 6.54 Å². The number of nitrogens with one attached hydrogen (secondary N) is 2. The van der Waals surface area contributed by atoms with Crippen molar-refractivity contribution in [2.45, 2.75) is 26.2 Å². The summed E-state index contributed by atoms with van der Waals surface area (Å²) in [6.07, 6.45) is 6.83. The van der Waals surface area contributed by atoms with Gasteiger partial charge in [-0.25, -0.2) is 9.97 Å². The van der Waals surface area contributed by atoms with Crippen LogP contribution in [0.2, 0.25) is 0 Å². The van der Waals surface area contributed by atoms with Crippen LogP contribution >= 0.6 is 0 Å². The highest BCUT2D eigenvalue weighted by Crippen LogP contribution is 2.30. The third kappa shape index (κ3) is 2.97. The molecule has 1 fully saturated rings. The van der Waals surface area contributed by atoms with Gasteiger partial charge in [-0.05, 0) is 18.3 Å². The van der Waals surface area contributed by atoms with Crippen LogP contribution in [0.5, 0.6) is 0 Å². The number of carbonyl (C=O) groups is 1. The fourth-order valence-corrected chi connectivity index (χ4v) is 2.41. The minimum absolute atomic E-state index is 0.135. The van der Waals surface area contributed by atoms with E-state index in [0.29, 0.717) is 23.3 Å². The Morgan fingerprint density at radius 3 is 2.78 bits per heavy atom. The zero-order valence-corrected chi connectivity index (χ0v) is 10.9. The van der Waals surface area contributed by atoms with Gasteiger partial charge in [0.15, 0.2) is 0 Å². The molecule has 1 saturated carbocycles. The fourth-order valence-electron chi connectivity index (χ4n) is 2.41. The van der Waals surface area contributed by atoms with Crippen LogP contribution in [0, 0.1) is 11.8 Å². The molecule has 2 unspecified atom stereocenters. The van der Waals surface area contributed by atoms with Gasteiger partial charge in [0.1, 0.15) is 11.5 Å². The highest BCUT2D eigenvalue weighted by molar-refractivity contribution is 5.91. The van der Waals surface area contributed by atoms with Crippen molar-refractivity contribution in [2.24, 2.45) is 11.8 Å². The van der Waals surface area contributed by atoms with E-state index in [1.54, 1.807) is 13.2 Å².